The van der Waals surface area contributed by atoms with Crippen molar-refractivity contribution < 1.29 is 14.7 Å². The quantitative estimate of drug-likeness (QED) is 0.403. The van der Waals surface area contributed by atoms with Crippen LogP contribution >= 0.6 is 0 Å². The van der Waals surface area contributed by atoms with Crippen molar-refractivity contribution in [3.63, 3.8) is 0 Å². The highest BCUT2D eigenvalue weighted by atomic mass is 16.4. The highest BCUT2D eigenvalue weighted by Crippen LogP contribution is 2.37. The Morgan fingerprint density at radius 1 is 0.892 bits per heavy atom. The van der Waals surface area contributed by atoms with Gasteiger partial charge in [0.1, 0.15) is 0 Å². The fraction of sp³-hybridized carbons (Fsp3) is 0.333. The molecule has 0 aliphatic heterocycles. The number of benzene rings is 3. The Labute approximate surface area is 221 Å². The smallest absolute Gasteiger partial charge is 0.303 e. The van der Waals surface area contributed by atoms with E-state index >= 15 is 0 Å². The van der Waals surface area contributed by atoms with Gasteiger partial charge in [-0.15, -0.1) is 0 Å². The molecule has 0 saturated heterocycles. The summed E-state index contributed by atoms with van der Waals surface area (Å²) < 4.78 is 0. The highest BCUT2D eigenvalue weighted by Gasteiger charge is 2.26. The lowest BCUT2D eigenvalue weighted by Crippen LogP contribution is -2.17. The van der Waals surface area contributed by atoms with Gasteiger partial charge in [-0.3, -0.25) is 9.59 Å². The van der Waals surface area contributed by atoms with E-state index in [9.17, 15) is 9.59 Å². The molecule has 194 valence electrons. The number of aliphatic carboxylic acids is 1. The molecule has 4 nitrogen and oxygen atoms in total. The fourth-order valence-corrected chi connectivity index (χ4v) is 4.65. The number of fused-ring (bicyclic) bond motifs is 2. The van der Waals surface area contributed by atoms with Gasteiger partial charge in [0.05, 0.1) is 0 Å². The summed E-state index contributed by atoms with van der Waals surface area (Å²) in [6.07, 6.45) is 7.14. The Morgan fingerprint density at radius 2 is 1.46 bits per heavy atom. The maximum atomic E-state index is 11.0. The predicted molar refractivity (Wildman–Crippen MR) is 152 cm³/mol. The Morgan fingerprint density at radius 3 is 1.95 bits per heavy atom. The van der Waals surface area contributed by atoms with E-state index in [1.807, 2.05) is 45.0 Å². The van der Waals surface area contributed by atoms with Gasteiger partial charge < -0.3 is 10.4 Å². The van der Waals surface area contributed by atoms with E-state index < -0.39 is 5.97 Å². The Bertz CT molecular complexity index is 1200. The molecule has 37 heavy (non-hydrogen) atoms. The second-order valence-electron chi connectivity index (χ2n) is 10.2. The number of carbonyl (C=O) groups excluding carboxylic acids is 1. The molecule has 1 amide bonds. The van der Waals surface area contributed by atoms with E-state index in [2.05, 4.69) is 59.9 Å². The van der Waals surface area contributed by atoms with E-state index in [-0.39, 0.29) is 5.91 Å². The van der Waals surface area contributed by atoms with E-state index in [1.54, 1.807) is 23.7 Å². The first-order valence-electron chi connectivity index (χ1n) is 13.1. The molecule has 0 fully saturated rings. The van der Waals surface area contributed by atoms with E-state index in [4.69, 9.17) is 5.11 Å². The summed E-state index contributed by atoms with van der Waals surface area (Å²) >= 11 is 0. The molecule has 3 aromatic carbocycles. The van der Waals surface area contributed by atoms with E-state index in [1.165, 1.54) is 24.0 Å². The van der Waals surface area contributed by atoms with Crippen molar-refractivity contribution in [1.29, 1.82) is 0 Å². The molecule has 0 atom stereocenters. The molecule has 4 heteroatoms. The number of carbonyl (C=O) groups is 2. The van der Waals surface area contributed by atoms with Crippen molar-refractivity contribution in [1.82, 2.24) is 5.32 Å². The Kier molecular flexibility index (Phi) is 10.3. The lowest BCUT2D eigenvalue weighted by molar-refractivity contribution is -0.137. The number of carboxylic acid groups (broad SMARTS) is 1. The van der Waals surface area contributed by atoms with Crippen molar-refractivity contribution in [3.8, 4) is 0 Å². The summed E-state index contributed by atoms with van der Waals surface area (Å²) in [5, 5.41) is 10.7. The summed E-state index contributed by atoms with van der Waals surface area (Å²) in [6, 6.07) is 25.2. The second kappa shape index (κ2) is 13.6. The summed E-state index contributed by atoms with van der Waals surface area (Å²) in [5.74, 6) is 0.504. The first-order valence-corrected chi connectivity index (χ1v) is 13.1. The molecule has 0 aromatic heterocycles. The lowest BCUT2D eigenvalue weighted by atomic mass is 9.94. The minimum Gasteiger partial charge on any atom is -0.481 e. The molecule has 2 aliphatic carbocycles. The monoisotopic (exact) mass is 497 g/mol. The topological polar surface area (TPSA) is 66.4 Å². The lowest BCUT2D eigenvalue weighted by Gasteiger charge is -2.10. The standard InChI is InChI=1S/C18H16.C9H11NO.C6H12O2/c1-2-6-14-10-17(9-13(14)5-1)18-11-15-7-3-4-8-16(15)12-18;1-7-3-5-8(6-4-7)9(11)10-2;1-5(2)3-4-6(7)8/h1-9,18H,10-12H2;3-6H,1-2H3,(H,10,11);5H,3-4H2,1-2H3,(H,7,8). The average molecular weight is 498 g/mol. The molecule has 0 unspecified atom stereocenters. The van der Waals surface area contributed by atoms with Crippen LogP contribution in [0.5, 0.6) is 0 Å². The van der Waals surface area contributed by atoms with Crippen molar-refractivity contribution in [2.24, 2.45) is 11.8 Å². The number of rotatable bonds is 5. The van der Waals surface area contributed by atoms with Gasteiger partial charge in [0, 0.05) is 19.0 Å². The summed E-state index contributed by atoms with van der Waals surface area (Å²) in [6.45, 7) is 6.03. The molecule has 0 bridgehead atoms. The van der Waals surface area contributed by atoms with Crippen LogP contribution < -0.4 is 5.32 Å². The molecule has 0 spiro atoms. The third-order valence-corrected chi connectivity index (χ3v) is 6.84. The first kappa shape index (κ1) is 27.9. The molecular formula is C33H39NO3. The first-order chi connectivity index (χ1) is 17.8. The zero-order valence-corrected chi connectivity index (χ0v) is 22.5. The number of nitrogens with one attached hydrogen (secondary N) is 1. The van der Waals surface area contributed by atoms with E-state index in [0.29, 0.717) is 17.9 Å². The molecule has 3 aromatic rings. The van der Waals surface area contributed by atoms with Gasteiger partial charge in [0.25, 0.3) is 5.91 Å². The third-order valence-electron chi connectivity index (χ3n) is 6.84. The van der Waals surface area contributed by atoms with Crippen LogP contribution in [0.1, 0.15) is 64.9 Å². The Hall–Kier alpha value is -3.66. The van der Waals surface area contributed by atoms with Crippen molar-refractivity contribution in [2.75, 3.05) is 7.05 Å². The second-order valence-corrected chi connectivity index (χ2v) is 10.2. The number of hydrogen-bond donors (Lipinski definition) is 2. The summed E-state index contributed by atoms with van der Waals surface area (Å²) in [7, 11) is 1.63. The van der Waals surface area contributed by atoms with Gasteiger partial charge in [-0.1, -0.05) is 91.7 Å². The summed E-state index contributed by atoms with van der Waals surface area (Å²) in [5.41, 5.74) is 9.55. The van der Waals surface area contributed by atoms with Crippen LogP contribution in [-0.4, -0.2) is 24.0 Å². The van der Waals surface area contributed by atoms with Crippen molar-refractivity contribution in [3.05, 3.63) is 112 Å². The fourth-order valence-electron chi connectivity index (χ4n) is 4.65. The third kappa shape index (κ3) is 8.45. The summed E-state index contributed by atoms with van der Waals surface area (Å²) in [4.78, 5) is 20.9. The normalized spacial score (nSPS) is 13.4. The van der Waals surface area contributed by atoms with Crippen LogP contribution in [0.4, 0.5) is 0 Å². The van der Waals surface area contributed by atoms with Crippen LogP contribution in [0.3, 0.4) is 0 Å². The maximum absolute atomic E-state index is 11.0. The van der Waals surface area contributed by atoms with Crippen LogP contribution in [0.25, 0.3) is 6.08 Å². The van der Waals surface area contributed by atoms with E-state index in [0.717, 1.165) is 24.3 Å². The van der Waals surface area contributed by atoms with Crippen molar-refractivity contribution in [2.45, 2.75) is 52.9 Å². The number of allylic oxidation sites excluding steroid dienone is 1. The van der Waals surface area contributed by atoms with Gasteiger partial charge in [-0.25, -0.2) is 0 Å². The van der Waals surface area contributed by atoms with Crippen LogP contribution in [0, 0.1) is 18.8 Å². The molecule has 5 rings (SSSR count). The minimum absolute atomic E-state index is 0.0370. The van der Waals surface area contributed by atoms with Crippen LogP contribution in [0.2, 0.25) is 0 Å². The Balaban J connectivity index is 0.000000173. The minimum atomic E-state index is -0.696. The predicted octanol–water partition coefficient (Wildman–Crippen LogP) is 6.90. The van der Waals surface area contributed by atoms with Gasteiger partial charge in [-0.2, -0.15) is 0 Å². The van der Waals surface area contributed by atoms with Gasteiger partial charge >= 0.3 is 5.97 Å². The van der Waals surface area contributed by atoms with Crippen molar-refractivity contribution >= 4 is 18.0 Å². The highest BCUT2D eigenvalue weighted by molar-refractivity contribution is 5.93. The van der Waals surface area contributed by atoms with Crippen LogP contribution in [-0.2, 0) is 24.1 Å². The zero-order valence-electron chi connectivity index (χ0n) is 22.5. The van der Waals surface area contributed by atoms with Gasteiger partial charge in [0.2, 0.25) is 0 Å². The molecule has 2 aliphatic rings. The number of carboxylic acids is 1. The number of aryl methyl sites for hydroxylation is 1. The molecule has 0 radical (unpaired) electrons. The largest absolute Gasteiger partial charge is 0.481 e. The molecule has 2 N–H and O–H groups in total. The maximum Gasteiger partial charge on any atom is 0.303 e. The van der Waals surface area contributed by atoms with Gasteiger partial charge in [0.15, 0.2) is 0 Å². The van der Waals surface area contributed by atoms with Crippen LogP contribution in [0.15, 0.2) is 78.4 Å². The SMILES string of the molecule is C1=C(C2Cc3ccccc3C2)Cc2ccccc21.CC(C)CCC(=O)O.CNC(=O)c1ccc(C)cc1. The van der Waals surface area contributed by atoms with Gasteiger partial charge in [-0.05, 0) is 78.8 Å². The molecule has 0 heterocycles. The molecular weight excluding hydrogens is 458 g/mol. The number of amides is 1. The average Bonchev–Trinajstić information content (AvgIpc) is 3.52. The number of hydrogen-bond acceptors (Lipinski definition) is 2. The zero-order chi connectivity index (χ0) is 26.8. The molecule has 0 saturated carbocycles.